The number of ether oxygens (including phenoxy) is 3. The third-order valence-electron chi connectivity index (χ3n) is 4.50. The monoisotopic (exact) mass is 459 g/mol. The molecule has 2 rings (SSSR count). The molecule has 2 aromatic carbocycles. The van der Waals surface area contributed by atoms with Crippen molar-refractivity contribution >= 4 is 15.9 Å². The summed E-state index contributed by atoms with van der Waals surface area (Å²) in [5.74, 6) is 1.33. The largest absolute Gasteiger partial charge is 0.493 e. The molecular weight excluding hydrogens is 430 g/mol. The Bertz CT molecular complexity index is 815. The first-order chi connectivity index (χ1) is 13.9. The van der Waals surface area contributed by atoms with Gasteiger partial charge >= 0.3 is 0 Å². The average molecular weight is 460 g/mol. The van der Waals surface area contributed by atoms with Crippen molar-refractivity contribution in [3.63, 3.8) is 0 Å². The summed E-state index contributed by atoms with van der Waals surface area (Å²) in [6.45, 7) is 8.04. The Kier molecular flexibility index (Phi) is 9.00. The summed E-state index contributed by atoms with van der Waals surface area (Å²) in [6, 6.07) is 16.5. The quantitative estimate of drug-likeness (QED) is 0.408. The normalized spacial score (nSPS) is 13.2. The number of rotatable bonds is 10. The van der Waals surface area contributed by atoms with Crippen LogP contribution in [0.15, 0.2) is 46.9 Å². The van der Waals surface area contributed by atoms with Crippen LogP contribution in [-0.4, -0.2) is 25.4 Å². The lowest BCUT2D eigenvalue weighted by Crippen LogP contribution is -2.27. The number of nitriles is 1. The minimum absolute atomic E-state index is 0.0226. The van der Waals surface area contributed by atoms with Crippen LogP contribution in [0.25, 0.3) is 0 Å². The molecule has 0 saturated heterocycles. The van der Waals surface area contributed by atoms with Gasteiger partial charge in [0.2, 0.25) is 0 Å². The van der Waals surface area contributed by atoms with Crippen LogP contribution in [0.2, 0.25) is 0 Å². The Morgan fingerprint density at radius 3 is 2.24 bits per heavy atom. The molecule has 0 aliphatic rings. The lowest BCUT2D eigenvalue weighted by molar-refractivity contribution is -0.00520. The summed E-state index contributed by atoms with van der Waals surface area (Å²) in [6.07, 6.45) is 1.01. The Hall–Kier alpha value is -2.03. The van der Waals surface area contributed by atoms with Gasteiger partial charge in [-0.25, -0.2) is 0 Å². The molecule has 29 heavy (non-hydrogen) atoms. The molecule has 2 aromatic rings. The van der Waals surface area contributed by atoms with Crippen molar-refractivity contribution in [1.29, 1.82) is 5.26 Å². The molecule has 156 valence electrons. The van der Waals surface area contributed by atoms with Crippen LogP contribution in [-0.2, 0) is 4.74 Å². The van der Waals surface area contributed by atoms with Crippen molar-refractivity contribution in [2.24, 2.45) is 0 Å². The third kappa shape index (κ3) is 6.48. The van der Waals surface area contributed by atoms with Crippen molar-refractivity contribution in [2.45, 2.75) is 64.8 Å². The van der Waals surface area contributed by atoms with Crippen LogP contribution in [0.1, 0.15) is 57.6 Å². The zero-order chi connectivity index (χ0) is 21.4. The van der Waals surface area contributed by atoms with Gasteiger partial charge in [0.15, 0.2) is 11.5 Å². The van der Waals surface area contributed by atoms with Gasteiger partial charge in [0.25, 0.3) is 0 Å². The number of hydrogen-bond acceptors (Lipinski definition) is 4. The maximum atomic E-state index is 9.19. The van der Waals surface area contributed by atoms with E-state index in [4.69, 9.17) is 14.2 Å². The van der Waals surface area contributed by atoms with Gasteiger partial charge in [-0.05, 0) is 57.4 Å². The fourth-order valence-corrected chi connectivity index (χ4v) is 3.99. The number of hydrogen-bond donors (Lipinski definition) is 0. The summed E-state index contributed by atoms with van der Waals surface area (Å²) >= 11 is 3.73. The van der Waals surface area contributed by atoms with Gasteiger partial charge in [-0.15, -0.1) is 0 Å². The Morgan fingerprint density at radius 1 is 1.00 bits per heavy atom. The van der Waals surface area contributed by atoms with Crippen LogP contribution in [0.4, 0.5) is 0 Å². The molecule has 0 aromatic heterocycles. The zero-order valence-corrected chi connectivity index (χ0v) is 19.4. The molecule has 0 aliphatic carbocycles. The predicted octanol–water partition coefficient (Wildman–Crippen LogP) is 6.47. The molecule has 0 heterocycles. The standard InChI is InChI=1S/C24H30BrNO3/c1-16(2)28-21(12-9-13-26)24(18-10-7-6-8-11-18)19-14-23(29-17(3)4)22(27-5)15-20(19)25/h6-8,10-11,14-17,21,24H,9,12H2,1-5H3. The van der Waals surface area contributed by atoms with Crippen LogP contribution in [0, 0.1) is 11.3 Å². The molecule has 2 atom stereocenters. The molecule has 2 unspecified atom stereocenters. The number of methoxy groups -OCH3 is 1. The molecule has 0 fully saturated rings. The van der Waals surface area contributed by atoms with E-state index in [1.54, 1.807) is 7.11 Å². The molecule has 5 heteroatoms. The van der Waals surface area contributed by atoms with Gasteiger partial charge in [0.05, 0.1) is 31.5 Å². The summed E-state index contributed by atoms with van der Waals surface area (Å²) in [5.41, 5.74) is 2.19. The Labute approximate surface area is 182 Å². The van der Waals surface area contributed by atoms with Crippen molar-refractivity contribution in [3.05, 3.63) is 58.1 Å². The first-order valence-electron chi connectivity index (χ1n) is 9.98. The van der Waals surface area contributed by atoms with Crippen LogP contribution in [0.3, 0.4) is 0 Å². The fourth-order valence-electron chi connectivity index (χ4n) is 3.42. The van der Waals surface area contributed by atoms with Crippen LogP contribution in [0.5, 0.6) is 11.5 Å². The molecule has 0 amide bonds. The summed E-state index contributed by atoms with van der Waals surface area (Å²) < 4.78 is 18.8. The van der Waals surface area contributed by atoms with Crippen molar-refractivity contribution in [3.8, 4) is 17.6 Å². The van der Waals surface area contributed by atoms with E-state index in [1.165, 1.54) is 0 Å². The SMILES string of the molecule is COc1cc(Br)c(C(c2ccccc2)C(CCC#N)OC(C)C)cc1OC(C)C. The van der Waals surface area contributed by atoms with E-state index in [2.05, 4.69) is 34.1 Å². The van der Waals surface area contributed by atoms with Gasteiger partial charge < -0.3 is 14.2 Å². The highest BCUT2D eigenvalue weighted by atomic mass is 79.9. The van der Waals surface area contributed by atoms with Crippen LogP contribution >= 0.6 is 15.9 Å². The lowest BCUT2D eigenvalue weighted by atomic mass is 9.84. The summed E-state index contributed by atoms with van der Waals surface area (Å²) in [7, 11) is 1.64. The van der Waals surface area contributed by atoms with E-state index in [1.807, 2.05) is 58.0 Å². The second kappa shape index (κ2) is 11.2. The van der Waals surface area contributed by atoms with Gasteiger partial charge in [-0.1, -0.05) is 46.3 Å². The Balaban J connectivity index is 2.63. The molecule has 0 N–H and O–H groups in total. The van der Waals surface area contributed by atoms with Crippen molar-refractivity contribution in [2.75, 3.05) is 7.11 Å². The number of halogens is 1. The Morgan fingerprint density at radius 2 is 1.69 bits per heavy atom. The van der Waals surface area contributed by atoms with E-state index in [0.717, 1.165) is 15.6 Å². The first kappa shape index (κ1) is 23.3. The van der Waals surface area contributed by atoms with Crippen molar-refractivity contribution < 1.29 is 14.2 Å². The van der Waals surface area contributed by atoms with E-state index < -0.39 is 0 Å². The molecule has 0 radical (unpaired) electrons. The van der Waals surface area contributed by atoms with Gasteiger partial charge in [-0.2, -0.15) is 5.26 Å². The second-order valence-corrected chi connectivity index (χ2v) is 8.35. The van der Waals surface area contributed by atoms with Crippen LogP contribution < -0.4 is 9.47 Å². The lowest BCUT2D eigenvalue weighted by Gasteiger charge is -2.31. The zero-order valence-electron chi connectivity index (χ0n) is 17.8. The number of benzene rings is 2. The van der Waals surface area contributed by atoms with Gasteiger partial charge in [0, 0.05) is 16.8 Å². The minimum atomic E-state index is -0.145. The maximum Gasteiger partial charge on any atom is 0.161 e. The molecular formula is C24H30BrNO3. The fraction of sp³-hybridized carbons (Fsp3) is 0.458. The average Bonchev–Trinajstić information content (AvgIpc) is 2.68. The second-order valence-electron chi connectivity index (χ2n) is 7.50. The highest BCUT2D eigenvalue weighted by molar-refractivity contribution is 9.10. The highest BCUT2D eigenvalue weighted by Crippen LogP contribution is 2.42. The van der Waals surface area contributed by atoms with Gasteiger partial charge in [0.1, 0.15) is 0 Å². The molecule has 0 saturated carbocycles. The van der Waals surface area contributed by atoms with E-state index in [9.17, 15) is 5.26 Å². The highest BCUT2D eigenvalue weighted by Gasteiger charge is 2.29. The van der Waals surface area contributed by atoms with Gasteiger partial charge in [-0.3, -0.25) is 0 Å². The molecule has 0 bridgehead atoms. The minimum Gasteiger partial charge on any atom is -0.493 e. The van der Waals surface area contributed by atoms with E-state index in [0.29, 0.717) is 24.3 Å². The first-order valence-corrected chi connectivity index (χ1v) is 10.8. The molecule has 4 nitrogen and oxygen atoms in total. The summed E-state index contributed by atoms with van der Waals surface area (Å²) in [5, 5.41) is 9.19. The van der Waals surface area contributed by atoms with E-state index >= 15 is 0 Å². The molecule has 0 aliphatic heterocycles. The smallest absolute Gasteiger partial charge is 0.161 e. The summed E-state index contributed by atoms with van der Waals surface area (Å²) in [4.78, 5) is 0. The van der Waals surface area contributed by atoms with E-state index in [-0.39, 0.29) is 24.2 Å². The predicted molar refractivity (Wildman–Crippen MR) is 120 cm³/mol. The third-order valence-corrected chi connectivity index (χ3v) is 5.19. The maximum absolute atomic E-state index is 9.19. The number of nitrogens with zero attached hydrogens (tertiary/aromatic N) is 1. The topological polar surface area (TPSA) is 51.5 Å². The molecule has 0 spiro atoms. The van der Waals surface area contributed by atoms with Crippen molar-refractivity contribution in [1.82, 2.24) is 0 Å².